The molecule has 2 N–H and O–H groups in total. The summed E-state index contributed by atoms with van der Waals surface area (Å²) in [7, 11) is 0. The van der Waals surface area contributed by atoms with Gasteiger partial charge in [-0.15, -0.1) is 0 Å². The van der Waals surface area contributed by atoms with E-state index in [9.17, 15) is 4.79 Å². The first-order valence-electron chi connectivity index (χ1n) is 9.95. The summed E-state index contributed by atoms with van der Waals surface area (Å²) in [5.41, 5.74) is 7.95. The number of rotatable bonds is 4. The lowest BCUT2D eigenvalue weighted by Gasteiger charge is -2.39. The lowest BCUT2D eigenvalue weighted by atomic mass is 9.90. The zero-order valence-corrected chi connectivity index (χ0v) is 16.4. The van der Waals surface area contributed by atoms with Crippen LogP contribution < -0.4 is 5.73 Å². The fourth-order valence-electron chi connectivity index (χ4n) is 4.45. The van der Waals surface area contributed by atoms with Crippen molar-refractivity contribution in [1.82, 2.24) is 9.80 Å². The number of morpholine rings is 1. The molecular weight excluding hydrogens is 326 g/mol. The Hall–Kier alpha value is -1.43. The molecule has 26 heavy (non-hydrogen) atoms. The highest BCUT2D eigenvalue weighted by Gasteiger charge is 2.31. The van der Waals surface area contributed by atoms with E-state index in [4.69, 9.17) is 10.5 Å². The van der Waals surface area contributed by atoms with Crippen molar-refractivity contribution in [3.8, 4) is 0 Å². The molecule has 3 rings (SSSR count). The van der Waals surface area contributed by atoms with Crippen molar-refractivity contribution in [2.45, 2.75) is 58.4 Å². The Bertz CT molecular complexity index is 594. The number of nitrogens with two attached hydrogens (primary N) is 1. The van der Waals surface area contributed by atoms with Crippen LogP contribution in [0, 0.1) is 5.92 Å². The van der Waals surface area contributed by atoms with Crippen LogP contribution in [0.3, 0.4) is 0 Å². The average molecular weight is 360 g/mol. The number of carbonyl (C=O) groups excluding carboxylic acids is 1. The van der Waals surface area contributed by atoms with E-state index in [1.54, 1.807) is 0 Å². The zero-order chi connectivity index (χ0) is 18.7. The maximum absolute atomic E-state index is 12.9. The molecule has 1 aromatic rings. The Kier molecular flexibility index (Phi) is 6.33. The summed E-state index contributed by atoms with van der Waals surface area (Å²) in [6, 6.07) is 8.27. The highest BCUT2D eigenvalue weighted by atomic mass is 16.5. The van der Waals surface area contributed by atoms with E-state index in [0.717, 1.165) is 44.6 Å². The largest absolute Gasteiger partial charge is 0.373 e. The SMILES string of the molecule is C[C@@H]1CN(Cc2ccc(C(=O)N3CCC[C@H](C)[C@H]3CN)cc2)C[C@@H](C)O1. The third-order valence-corrected chi connectivity index (χ3v) is 5.72. The topological polar surface area (TPSA) is 58.8 Å². The molecule has 0 spiro atoms. The lowest BCUT2D eigenvalue weighted by molar-refractivity contribution is -0.0704. The van der Waals surface area contributed by atoms with E-state index in [2.05, 4.69) is 37.8 Å². The minimum atomic E-state index is 0.118. The molecule has 1 amide bonds. The fraction of sp³-hybridized carbons (Fsp3) is 0.667. The second-order valence-corrected chi connectivity index (χ2v) is 8.07. The first-order valence-corrected chi connectivity index (χ1v) is 9.95. The molecule has 2 heterocycles. The maximum Gasteiger partial charge on any atom is 0.254 e. The molecule has 5 heteroatoms. The van der Waals surface area contributed by atoms with E-state index in [1.165, 1.54) is 5.56 Å². The summed E-state index contributed by atoms with van der Waals surface area (Å²) >= 11 is 0. The van der Waals surface area contributed by atoms with Crippen molar-refractivity contribution in [2.24, 2.45) is 11.7 Å². The van der Waals surface area contributed by atoms with Gasteiger partial charge in [-0.05, 0) is 50.3 Å². The lowest BCUT2D eigenvalue weighted by Crippen LogP contribution is -2.51. The number of amides is 1. The number of ether oxygens (including phenoxy) is 1. The summed E-state index contributed by atoms with van der Waals surface area (Å²) < 4.78 is 5.80. The molecule has 0 aliphatic carbocycles. The predicted octanol–water partition coefficient (Wildman–Crippen LogP) is 2.50. The van der Waals surface area contributed by atoms with Gasteiger partial charge in [-0.25, -0.2) is 0 Å². The second-order valence-electron chi connectivity index (χ2n) is 8.07. The monoisotopic (exact) mass is 359 g/mol. The minimum absolute atomic E-state index is 0.118. The van der Waals surface area contributed by atoms with Gasteiger partial charge in [0.1, 0.15) is 0 Å². The van der Waals surface area contributed by atoms with Crippen LogP contribution in [0.2, 0.25) is 0 Å². The summed E-state index contributed by atoms with van der Waals surface area (Å²) in [5.74, 6) is 0.592. The minimum Gasteiger partial charge on any atom is -0.373 e. The van der Waals surface area contributed by atoms with Crippen LogP contribution in [0.4, 0.5) is 0 Å². The molecule has 144 valence electrons. The van der Waals surface area contributed by atoms with Gasteiger partial charge in [0.2, 0.25) is 0 Å². The van der Waals surface area contributed by atoms with E-state index in [1.807, 2.05) is 17.0 Å². The predicted molar refractivity (Wildman–Crippen MR) is 104 cm³/mol. The second kappa shape index (κ2) is 8.51. The van der Waals surface area contributed by atoms with Gasteiger partial charge in [0.05, 0.1) is 12.2 Å². The quantitative estimate of drug-likeness (QED) is 0.897. The van der Waals surface area contributed by atoms with E-state index < -0.39 is 0 Å². The molecule has 0 unspecified atom stereocenters. The number of benzene rings is 1. The third kappa shape index (κ3) is 4.45. The van der Waals surface area contributed by atoms with Gasteiger partial charge in [0.25, 0.3) is 5.91 Å². The Balaban J connectivity index is 1.64. The number of likely N-dealkylation sites (tertiary alicyclic amines) is 1. The number of hydrogen-bond acceptors (Lipinski definition) is 4. The van der Waals surface area contributed by atoms with Crippen LogP contribution in [0.15, 0.2) is 24.3 Å². The van der Waals surface area contributed by atoms with Crippen LogP contribution >= 0.6 is 0 Å². The average Bonchev–Trinajstić information content (AvgIpc) is 2.60. The van der Waals surface area contributed by atoms with Gasteiger partial charge >= 0.3 is 0 Å². The smallest absolute Gasteiger partial charge is 0.254 e. The van der Waals surface area contributed by atoms with Gasteiger partial charge < -0.3 is 15.4 Å². The Labute approximate surface area is 157 Å². The van der Waals surface area contributed by atoms with Gasteiger partial charge in [0, 0.05) is 44.3 Å². The van der Waals surface area contributed by atoms with Crippen molar-refractivity contribution in [3.63, 3.8) is 0 Å². The highest BCUT2D eigenvalue weighted by molar-refractivity contribution is 5.94. The van der Waals surface area contributed by atoms with Crippen LogP contribution in [0.5, 0.6) is 0 Å². The first kappa shape index (κ1) is 19.3. The molecule has 0 aromatic heterocycles. The van der Waals surface area contributed by atoms with Crippen molar-refractivity contribution < 1.29 is 9.53 Å². The molecule has 2 fully saturated rings. The Morgan fingerprint density at radius 3 is 2.42 bits per heavy atom. The van der Waals surface area contributed by atoms with Crippen molar-refractivity contribution in [3.05, 3.63) is 35.4 Å². The highest BCUT2D eigenvalue weighted by Crippen LogP contribution is 2.24. The van der Waals surface area contributed by atoms with Gasteiger partial charge in [0.15, 0.2) is 0 Å². The zero-order valence-electron chi connectivity index (χ0n) is 16.4. The van der Waals surface area contributed by atoms with E-state index in [0.29, 0.717) is 12.5 Å². The van der Waals surface area contributed by atoms with Crippen LogP contribution in [0.25, 0.3) is 0 Å². The number of piperidine rings is 1. The first-order chi connectivity index (χ1) is 12.5. The number of nitrogens with zero attached hydrogens (tertiary/aromatic N) is 2. The van der Waals surface area contributed by atoms with Crippen molar-refractivity contribution in [2.75, 3.05) is 26.2 Å². The molecule has 2 aliphatic heterocycles. The molecule has 2 saturated heterocycles. The van der Waals surface area contributed by atoms with Crippen molar-refractivity contribution in [1.29, 1.82) is 0 Å². The van der Waals surface area contributed by atoms with Crippen molar-refractivity contribution >= 4 is 5.91 Å². The molecule has 1 aromatic carbocycles. The van der Waals surface area contributed by atoms with Gasteiger partial charge in [-0.1, -0.05) is 19.1 Å². The summed E-state index contributed by atoms with van der Waals surface area (Å²) in [4.78, 5) is 17.3. The fourth-order valence-corrected chi connectivity index (χ4v) is 4.45. The van der Waals surface area contributed by atoms with Gasteiger partial charge in [-0.2, -0.15) is 0 Å². The summed E-state index contributed by atoms with van der Waals surface area (Å²) in [5, 5.41) is 0. The normalized spacial score (nSPS) is 30.4. The molecule has 0 bridgehead atoms. The number of carbonyl (C=O) groups is 1. The van der Waals surface area contributed by atoms with Crippen LogP contribution in [0.1, 0.15) is 49.5 Å². The molecule has 4 atom stereocenters. The number of hydrogen-bond donors (Lipinski definition) is 1. The van der Waals surface area contributed by atoms with Crippen LogP contribution in [-0.2, 0) is 11.3 Å². The third-order valence-electron chi connectivity index (χ3n) is 5.72. The Morgan fingerprint density at radius 1 is 1.15 bits per heavy atom. The van der Waals surface area contributed by atoms with E-state index >= 15 is 0 Å². The standard InChI is InChI=1S/C21H33N3O2/c1-15-5-4-10-24(20(15)11-22)21(25)19-8-6-18(7-9-19)14-23-12-16(2)26-17(3)13-23/h6-9,15-17,20H,4-5,10-14,22H2,1-3H3/t15-,16+,17+,20+/m0/s1. The molecule has 0 saturated carbocycles. The summed E-state index contributed by atoms with van der Waals surface area (Å²) in [6.45, 7) is 10.6. The molecule has 0 radical (unpaired) electrons. The molecule has 2 aliphatic rings. The van der Waals surface area contributed by atoms with Crippen LogP contribution in [-0.4, -0.2) is 60.1 Å². The van der Waals surface area contributed by atoms with E-state index in [-0.39, 0.29) is 24.2 Å². The molecule has 5 nitrogen and oxygen atoms in total. The summed E-state index contributed by atoms with van der Waals surface area (Å²) in [6.07, 6.45) is 2.76. The maximum atomic E-state index is 12.9. The Morgan fingerprint density at radius 2 is 1.81 bits per heavy atom. The van der Waals surface area contributed by atoms with Gasteiger partial charge in [-0.3, -0.25) is 9.69 Å². The molecular formula is C21H33N3O2.